The Morgan fingerprint density at radius 2 is 2.00 bits per heavy atom. The average Bonchev–Trinajstić information content (AvgIpc) is 2.58. The fourth-order valence-corrected chi connectivity index (χ4v) is 3.73. The molecule has 0 spiro atoms. The lowest BCUT2D eigenvalue weighted by Crippen LogP contribution is -2.15. The summed E-state index contributed by atoms with van der Waals surface area (Å²) in [6.07, 6.45) is -3.70. The van der Waals surface area contributed by atoms with Gasteiger partial charge in [-0.15, -0.1) is 0 Å². The monoisotopic (exact) mass is 429 g/mol. The fourth-order valence-electron chi connectivity index (χ4n) is 2.22. The summed E-state index contributed by atoms with van der Waals surface area (Å²) in [6, 6.07) is 7.84. The molecule has 1 aromatic carbocycles. The Bertz CT molecular complexity index is 1060. The number of hydrogen-bond donors (Lipinski definition) is 1. The van der Waals surface area contributed by atoms with Gasteiger partial charge in [-0.05, 0) is 31.2 Å². The second-order valence-electron chi connectivity index (χ2n) is 5.74. The van der Waals surface area contributed by atoms with E-state index in [2.05, 4.69) is 10.3 Å². The number of carbonyl (C=O) groups excluding carboxylic acids is 1. The van der Waals surface area contributed by atoms with Crippen LogP contribution in [0.25, 0.3) is 0 Å². The number of aromatic nitrogens is 1. The van der Waals surface area contributed by atoms with Crippen molar-refractivity contribution in [1.29, 1.82) is 5.26 Å². The lowest BCUT2D eigenvalue weighted by molar-refractivity contribution is -0.138. The number of rotatable bonds is 5. The Morgan fingerprint density at radius 3 is 2.57 bits per heavy atom. The molecule has 0 radical (unpaired) electrons. The van der Waals surface area contributed by atoms with E-state index in [0.29, 0.717) is 11.8 Å². The minimum atomic E-state index is -4.72. The summed E-state index contributed by atoms with van der Waals surface area (Å²) < 4.78 is 62.4. The quantitative estimate of drug-likeness (QED) is 0.731. The number of carbonyl (C=O) groups is 1. The van der Waals surface area contributed by atoms with Crippen LogP contribution in [0.5, 0.6) is 0 Å². The lowest BCUT2D eigenvalue weighted by atomic mass is 10.1. The molecule has 0 aliphatic rings. The molecule has 1 heterocycles. The molecule has 1 amide bonds. The molecule has 0 bridgehead atoms. The number of nitriles is 1. The van der Waals surface area contributed by atoms with Crippen LogP contribution in [0, 0.1) is 18.3 Å². The third-order valence-electron chi connectivity index (χ3n) is 3.42. The highest BCUT2D eigenvalue weighted by Gasteiger charge is 2.35. The molecule has 2 aromatic rings. The summed E-state index contributed by atoms with van der Waals surface area (Å²) in [5, 5.41) is 11.4. The number of nitrogens with one attached hydrogen (secondary N) is 1. The maximum Gasteiger partial charge on any atom is 0.417 e. The van der Waals surface area contributed by atoms with Gasteiger partial charge in [-0.2, -0.15) is 18.4 Å². The van der Waals surface area contributed by atoms with Crippen molar-refractivity contribution in [2.45, 2.75) is 23.0 Å². The number of sulfone groups is 1. The van der Waals surface area contributed by atoms with E-state index in [1.807, 2.05) is 0 Å². The van der Waals surface area contributed by atoms with Crippen molar-refractivity contribution in [2.24, 2.45) is 0 Å². The van der Waals surface area contributed by atoms with Gasteiger partial charge in [-0.25, -0.2) is 13.4 Å². The average molecular weight is 429 g/mol. The van der Waals surface area contributed by atoms with Crippen molar-refractivity contribution in [3.63, 3.8) is 0 Å². The van der Waals surface area contributed by atoms with Gasteiger partial charge in [0, 0.05) is 17.6 Å². The second-order valence-corrected chi connectivity index (χ2v) is 8.72. The Morgan fingerprint density at radius 1 is 1.32 bits per heavy atom. The van der Waals surface area contributed by atoms with E-state index in [1.54, 1.807) is 0 Å². The van der Waals surface area contributed by atoms with Gasteiger partial charge >= 0.3 is 6.18 Å². The molecule has 6 nitrogen and oxygen atoms in total. The highest BCUT2D eigenvalue weighted by Crippen LogP contribution is 2.35. The first-order valence-electron chi connectivity index (χ1n) is 7.63. The third kappa shape index (κ3) is 5.46. The first-order chi connectivity index (χ1) is 12.9. The molecule has 1 aromatic heterocycles. The second kappa shape index (κ2) is 8.20. The molecule has 0 saturated carbocycles. The number of anilines is 1. The number of pyridine rings is 1. The van der Waals surface area contributed by atoms with Gasteiger partial charge in [0.1, 0.15) is 11.1 Å². The topological polar surface area (TPSA) is 99.9 Å². The van der Waals surface area contributed by atoms with E-state index in [1.165, 1.54) is 37.3 Å². The maximum atomic E-state index is 13.1. The van der Waals surface area contributed by atoms with Crippen LogP contribution in [0.1, 0.15) is 16.8 Å². The Balaban J connectivity index is 2.18. The summed E-state index contributed by atoms with van der Waals surface area (Å²) in [5.41, 5.74) is -1.46. The number of aryl methyl sites for hydroxylation is 1. The highest BCUT2D eigenvalue weighted by atomic mass is 32.2. The molecule has 28 heavy (non-hydrogen) atoms. The number of halogens is 3. The van der Waals surface area contributed by atoms with Crippen LogP contribution in [0.15, 0.2) is 40.3 Å². The van der Waals surface area contributed by atoms with Gasteiger partial charge in [0.25, 0.3) is 0 Å². The SMILES string of the molecule is Cc1cc(C(F)(F)F)c(C#N)c(SCC(=O)Nc2cccc(S(C)(=O)=O)c2)n1. The molecule has 0 unspecified atom stereocenters. The first-order valence-corrected chi connectivity index (χ1v) is 10.5. The van der Waals surface area contributed by atoms with E-state index in [-0.39, 0.29) is 27.1 Å². The summed E-state index contributed by atoms with van der Waals surface area (Å²) in [7, 11) is -3.46. The molecule has 0 saturated heterocycles. The van der Waals surface area contributed by atoms with Gasteiger partial charge in [0.15, 0.2) is 9.84 Å². The van der Waals surface area contributed by atoms with Crippen LogP contribution in [-0.2, 0) is 20.8 Å². The van der Waals surface area contributed by atoms with Gasteiger partial charge < -0.3 is 5.32 Å². The predicted octanol–water partition coefficient (Wildman–Crippen LogP) is 3.41. The number of amides is 1. The molecule has 0 aliphatic carbocycles. The molecule has 1 N–H and O–H groups in total. The van der Waals surface area contributed by atoms with Crippen molar-refractivity contribution in [3.8, 4) is 6.07 Å². The number of alkyl halides is 3. The Hall–Kier alpha value is -2.58. The minimum absolute atomic E-state index is 0.0138. The minimum Gasteiger partial charge on any atom is -0.325 e. The Kier molecular flexibility index (Phi) is 6.36. The molecule has 2 rings (SSSR count). The largest absolute Gasteiger partial charge is 0.417 e. The maximum absolute atomic E-state index is 13.1. The van der Waals surface area contributed by atoms with Crippen LogP contribution in [0.3, 0.4) is 0 Å². The summed E-state index contributed by atoms with van der Waals surface area (Å²) in [5.74, 6) is -0.901. The third-order valence-corrected chi connectivity index (χ3v) is 5.50. The Labute approximate surface area is 163 Å². The zero-order chi connectivity index (χ0) is 21.1. The molecule has 0 fully saturated rings. The van der Waals surface area contributed by atoms with Gasteiger partial charge in [0.05, 0.1) is 21.8 Å². The van der Waals surface area contributed by atoms with Gasteiger partial charge in [-0.3, -0.25) is 4.79 Å². The molecule has 148 valence electrons. The van der Waals surface area contributed by atoms with E-state index in [4.69, 9.17) is 5.26 Å². The van der Waals surface area contributed by atoms with Crippen LogP contribution < -0.4 is 5.32 Å². The van der Waals surface area contributed by atoms with Crippen molar-refractivity contribution in [1.82, 2.24) is 4.98 Å². The van der Waals surface area contributed by atoms with Crippen LogP contribution >= 0.6 is 11.8 Å². The summed E-state index contributed by atoms with van der Waals surface area (Å²) in [6.45, 7) is 1.36. The van der Waals surface area contributed by atoms with Gasteiger partial charge in [-0.1, -0.05) is 17.8 Å². The predicted molar refractivity (Wildman–Crippen MR) is 97.6 cm³/mol. The highest BCUT2D eigenvalue weighted by molar-refractivity contribution is 8.00. The van der Waals surface area contributed by atoms with Crippen molar-refractivity contribution >= 4 is 33.2 Å². The number of benzene rings is 1. The van der Waals surface area contributed by atoms with E-state index < -0.39 is 33.0 Å². The molecule has 0 atom stereocenters. The standard InChI is InChI=1S/C17H14F3N3O3S2/c1-10-6-14(17(18,19)20)13(8-21)16(22-10)27-9-15(24)23-11-4-3-5-12(7-11)28(2,25)26/h3-7H,9H2,1-2H3,(H,23,24). The molecular weight excluding hydrogens is 415 g/mol. The number of thioether (sulfide) groups is 1. The van der Waals surface area contributed by atoms with Crippen molar-refractivity contribution in [3.05, 3.63) is 47.2 Å². The number of nitrogens with zero attached hydrogens (tertiary/aromatic N) is 2. The smallest absolute Gasteiger partial charge is 0.325 e. The normalized spacial score (nSPS) is 11.7. The van der Waals surface area contributed by atoms with Crippen molar-refractivity contribution in [2.75, 3.05) is 17.3 Å². The van der Waals surface area contributed by atoms with Crippen molar-refractivity contribution < 1.29 is 26.4 Å². The van der Waals surface area contributed by atoms with Crippen LogP contribution in [0.2, 0.25) is 0 Å². The first kappa shape index (κ1) is 21.7. The van der Waals surface area contributed by atoms with Crippen LogP contribution in [0.4, 0.5) is 18.9 Å². The summed E-state index contributed by atoms with van der Waals surface area (Å²) >= 11 is 0.689. The van der Waals surface area contributed by atoms with E-state index >= 15 is 0 Å². The van der Waals surface area contributed by atoms with Crippen LogP contribution in [-0.4, -0.2) is 31.3 Å². The molecular formula is C17H14F3N3O3S2. The zero-order valence-corrected chi connectivity index (χ0v) is 16.3. The molecule has 11 heteroatoms. The fraction of sp³-hybridized carbons (Fsp3) is 0.235. The van der Waals surface area contributed by atoms with E-state index in [0.717, 1.165) is 12.3 Å². The van der Waals surface area contributed by atoms with Gasteiger partial charge in [0.2, 0.25) is 5.91 Å². The van der Waals surface area contributed by atoms with E-state index in [9.17, 15) is 26.4 Å². The zero-order valence-electron chi connectivity index (χ0n) is 14.7. The molecule has 0 aliphatic heterocycles. The summed E-state index contributed by atoms with van der Waals surface area (Å²) in [4.78, 5) is 16.0. The lowest BCUT2D eigenvalue weighted by Gasteiger charge is -2.13. The number of hydrogen-bond acceptors (Lipinski definition) is 6.